The molecule has 0 aliphatic carbocycles. The molecule has 2 saturated heterocycles. The van der Waals surface area contributed by atoms with Gasteiger partial charge in [-0.15, -0.1) is 11.3 Å². The first-order valence-electron chi connectivity index (χ1n) is 12.4. The number of thiophene rings is 1. The van der Waals surface area contributed by atoms with Crippen molar-refractivity contribution in [3.63, 3.8) is 0 Å². The molecule has 35 heavy (non-hydrogen) atoms. The van der Waals surface area contributed by atoms with Gasteiger partial charge >= 0.3 is 0 Å². The number of fused-ring (bicyclic) bond motifs is 1. The van der Waals surface area contributed by atoms with E-state index in [0.29, 0.717) is 30.8 Å². The third kappa shape index (κ3) is 5.06. The number of nitrogen functional groups attached to an aromatic ring is 1. The average Bonchev–Trinajstić information content (AvgIpc) is 3.31. The number of morpholine rings is 1. The van der Waals surface area contributed by atoms with Crippen LogP contribution in [-0.2, 0) is 11.3 Å². The number of aromatic nitrogens is 3. The molecule has 5 rings (SSSR count). The third-order valence-corrected chi connectivity index (χ3v) is 8.21. The number of ether oxygens (including phenoxy) is 2. The third-order valence-electron chi connectivity index (χ3n) is 7.19. The second kappa shape index (κ2) is 10.6. The molecule has 2 aliphatic rings. The Morgan fingerprint density at radius 3 is 2.66 bits per heavy atom. The summed E-state index contributed by atoms with van der Waals surface area (Å²) in [5, 5.41) is 2.25. The van der Waals surface area contributed by atoms with Gasteiger partial charge in [0.2, 0.25) is 11.8 Å². The summed E-state index contributed by atoms with van der Waals surface area (Å²) in [6.45, 7) is 9.41. The van der Waals surface area contributed by atoms with Crippen LogP contribution in [0.1, 0.15) is 25.3 Å². The molecule has 0 atom stereocenters. The number of rotatable bonds is 7. The van der Waals surface area contributed by atoms with Crippen molar-refractivity contribution in [2.45, 2.75) is 32.4 Å². The zero-order chi connectivity index (χ0) is 24.4. The van der Waals surface area contributed by atoms with Gasteiger partial charge in [-0.3, -0.25) is 4.90 Å². The molecule has 0 bridgehead atoms. The fourth-order valence-electron chi connectivity index (χ4n) is 4.95. The SMILES string of the molecule is CCN(C)C1CCN(Cc2csc3c(-c4cnc(OC)c(N)c4)nc(N4CCOCC4)nc23)CC1. The monoisotopic (exact) mass is 497 g/mol. The fraction of sp³-hybridized carbons (Fsp3) is 0.560. The maximum absolute atomic E-state index is 6.20. The molecule has 0 radical (unpaired) electrons. The first-order chi connectivity index (χ1) is 17.1. The van der Waals surface area contributed by atoms with Crippen LogP contribution in [0.15, 0.2) is 17.6 Å². The lowest BCUT2D eigenvalue weighted by Gasteiger charge is -2.36. The summed E-state index contributed by atoms with van der Waals surface area (Å²) in [6.07, 6.45) is 4.21. The minimum Gasteiger partial charge on any atom is -0.480 e. The maximum Gasteiger partial charge on any atom is 0.236 e. The standard InChI is InChI=1S/C25H35N7O2S/c1-4-30(2)19-5-7-31(8-6-19)15-18-16-35-23-21(17-13-20(26)24(33-3)27-14-17)28-25(29-22(18)23)32-9-11-34-12-10-32/h13-14,16,19H,4-12,15,26H2,1-3H3. The van der Waals surface area contributed by atoms with E-state index >= 15 is 0 Å². The molecular weight excluding hydrogens is 462 g/mol. The minimum atomic E-state index is 0.427. The number of piperidine rings is 1. The predicted molar refractivity (Wildman–Crippen MR) is 141 cm³/mol. The molecule has 2 fully saturated rings. The number of pyridine rings is 1. The van der Waals surface area contributed by atoms with Crippen LogP contribution in [0.5, 0.6) is 5.88 Å². The van der Waals surface area contributed by atoms with Crippen LogP contribution in [0.2, 0.25) is 0 Å². The lowest BCUT2D eigenvalue weighted by molar-refractivity contribution is 0.122. The van der Waals surface area contributed by atoms with E-state index in [1.807, 2.05) is 6.07 Å². The summed E-state index contributed by atoms with van der Waals surface area (Å²) in [7, 11) is 3.81. The van der Waals surface area contributed by atoms with Gasteiger partial charge in [-0.25, -0.2) is 15.0 Å². The van der Waals surface area contributed by atoms with E-state index < -0.39 is 0 Å². The molecule has 0 amide bonds. The first kappa shape index (κ1) is 24.2. The Kier molecular flexibility index (Phi) is 7.33. The fourth-order valence-corrected chi connectivity index (χ4v) is 5.96. The van der Waals surface area contributed by atoms with Crippen molar-refractivity contribution in [3.05, 3.63) is 23.2 Å². The van der Waals surface area contributed by atoms with E-state index in [1.54, 1.807) is 24.6 Å². The predicted octanol–water partition coefficient (Wildman–Crippen LogP) is 3.10. The Hall–Kier alpha value is -2.53. The second-order valence-electron chi connectivity index (χ2n) is 9.31. The molecule has 2 N–H and O–H groups in total. The largest absolute Gasteiger partial charge is 0.480 e. The van der Waals surface area contributed by atoms with Crippen LogP contribution >= 0.6 is 11.3 Å². The van der Waals surface area contributed by atoms with E-state index in [1.165, 1.54) is 18.4 Å². The van der Waals surface area contributed by atoms with Crippen LogP contribution in [0.3, 0.4) is 0 Å². The van der Waals surface area contributed by atoms with Crippen molar-refractivity contribution < 1.29 is 9.47 Å². The van der Waals surface area contributed by atoms with Gasteiger partial charge in [-0.2, -0.15) is 0 Å². The van der Waals surface area contributed by atoms with Crippen molar-refractivity contribution >= 4 is 33.2 Å². The molecule has 10 heteroatoms. The van der Waals surface area contributed by atoms with E-state index in [4.69, 9.17) is 25.2 Å². The van der Waals surface area contributed by atoms with E-state index in [9.17, 15) is 0 Å². The highest BCUT2D eigenvalue weighted by Gasteiger charge is 2.24. The van der Waals surface area contributed by atoms with Gasteiger partial charge in [-0.05, 0) is 51.0 Å². The summed E-state index contributed by atoms with van der Waals surface area (Å²) in [5.41, 5.74) is 10.7. The maximum atomic E-state index is 6.20. The molecule has 9 nitrogen and oxygen atoms in total. The molecule has 0 aromatic carbocycles. The Labute approximate surface area is 210 Å². The van der Waals surface area contributed by atoms with Crippen molar-refractivity contribution in [2.75, 3.05) is 70.7 Å². The van der Waals surface area contributed by atoms with Gasteiger partial charge < -0.3 is 25.0 Å². The summed E-state index contributed by atoms with van der Waals surface area (Å²) in [6, 6.07) is 2.58. The van der Waals surface area contributed by atoms with Crippen LogP contribution < -0.4 is 15.4 Å². The van der Waals surface area contributed by atoms with Crippen LogP contribution in [-0.4, -0.2) is 90.9 Å². The Bertz CT molecular complexity index is 1160. The summed E-state index contributed by atoms with van der Waals surface area (Å²) in [5.74, 6) is 1.17. The van der Waals surface area contributed by atoms with Crippen LogP contribution in [0.25, 0.3) is 21.5 Å². The second-order valence-corrected chi connectivity index (χ2v) is 10.2. The van der Waals surface area contributed by atoms with Gasteiger partial charge in [0, 0.05) is 43.0 Å². The molecule has 5 heterocycles. The van der Waals surface area contributed by atoms with E-state index in [-0.39, 0.29) is 0 Å². The molecular formula is C25H35N7O2S. The molecule has 3 aromatic heterocycles. The highest BCUT2D eigenvalue weighted by molar-refractivity contribution is 7.17. The zero-order valence-electron chi connectivity index (χ0n) is 20.9. The number of methoxy groups -OCH3 is 1. The van der Waals surface area contributed by atoms with Crippen molar-refractivity contribution in [2.24, 2.45) is 0 Å². The molecule has 0 spiro atoms. The minimum absolute atomic E-state index is 0.427. The van der Waals surface area contributed by atoms with Crippen LogP contribution in [0, 0.1) is 0 Å². The Balaban J connectivity index is 1.48. The topological polar surface area (TPSA) is 92.9 Å². The highest BCUT2D eigenvalue weighted by Crippen LogP contribution is 2.37. The first-order valence-corrected chi connectivity index (χ1v) is 13.3. The Morgan fingerprint density at radius 1 is 1.20 bits per heavy atom. The van der Waals surface area contributed by atoms with Crippen LogP contribution in [0.4, 0.5) is 11.6 Å². The van der Waals surface area contributed by atoms with E-state index in [0.717, 1.165) is 66.7 Å². The number of nitrogens with zero attached hydrogens (tertiary/aromatic N) is 6. The quantitative estimate of drug-likeness (QED) is 0.528. The summed E-state index contributed by atoms with van der Waals surface area (Å²) >= 11 is 1.70. The smallest absolute Gasteiger partial charge is 0.236 e. The summed E-state index contributed by atoms with van der Waals surface area (Å²) in [4.78, 5) is 21.7. The highest BCUT2D eigenvalue weighted by atomic mass is 32.1. The van der Waals surface area contributed by atoms with Crippen molar-refractivity contribution in [1.29, 1.82) is 0 Å². The number of hydrogen-bond donors (Lipinski definition) is 1. The number of hydrogen-bond acceptors (Lipinski definition) is 10. The lowest BCUT2D eigenvalue weighted by Crippen LogP contribution is -2.42. The van der Waals surface area contributed by atoms with Gasteiger partial charge in [0.15, 0.2) is 0 Å². The molecule has 188 valence electrons. The van der Waals surface area contributed by atoms with E-state index in [2.05, 4.69) is 39.0 Å². The average molecular weight is 498 g/mol. The molecule has 2 aliphatic heterocycles. The molecule has 3 aromatic rings. The Morgan fingerprint density at radius 2 is 1.97 bits per heavy atom. The lowest BCUT2D eigenvalue weighted by atomic mass is 10.0. The number of anilines is 2. The number of nitrogens with two attached hydrogens (primary N) is 1. The van der Waals surface area contributed by atoms with Gasteiger partial charge in [0.25, 0.3) is 0 Å². The van der Waals surface area contributed by atoms with Gasteiger partial charge in [-0.1, -0.05) is 6.92 Å². The van der Waals surface area contributed by atoms with Crippen molar-refractivity contribution in [3.8, 4) is 17.1 Å². The van der Waals surface area contributed by atoms with Gasteiger partial charge in [0.05, 0.1) is 41.9 Å². The molecule has 0 unspecified atom stereocenters. The van der Waals surface area contributed by atoms with Gasteiger partial charge in [0.1, 0.15) is 0 Å². The normalized spacial score (nSPS) is 18.0. The molecule has 0 saturated carbocycles. The van der Waals surface area contributed by atoms with Crippen molar-refractivity contribution in [1.82, 2.24) is 24.8 Å². The number of likely N-dealkylation sites (tertiary alicyclic amines) is 1. The summed E-state index contributed by atoms with van der Waals surface area (Å²) < 4.78 is 11.9. The zero-order valence-corrected chi connectivity index (χ0v) is 21.7.